The van der Waals surface area contributed by atoms with Crippen LogP contribution in [0.2, 0.25) is 0 Å². The van der Waals surface area contributed by atoms with Gasteiger partial charge in [-0.15, -0.1) is 0 Å². The van der Waals surface area contributed by atoms with Crippen molar-refractivity contribution in [3.8, 4) is 11.5 Å². The van der Waals surface area contributed by atoms with E-state index in [1.165, 1.54) is 49.7 Å². The Morgan fingerprint density at radius 3 is 1.71 bits per heavy atom. The van der Waals surface area contributed by atoms with Crippen LogP contribution in [0.1, 0.15) is 56.1 Å². The highest BCUT2D eigenvalue weighted by Gasteiger charge is 2.43. The van der Waals surface area contributed by atoms with E-state index in [0.29, 0.717) is 11.5 Å². The predicted octanol–water partition coefficient (Wildman–Crippen LogP) is 5.37. The van der Waals surface area contributed by atoms with Crippen LogP contribution in [0.5, 0.6) is 11.5 Å². The molecule has 2 unspecified atom stereocenters. The van der Waals surface area contributed by atoms with Gasteiger partial charge < -0.3 is 10.2 Å². The van der Waals surface area contributed by atoms with Gasteiger partial charge in [0.05, 0.1) is 0 Å². The topological polar surface area (TPSA) is 40.5 Å². The van der Waals surface area contributed by atoms with Gasteiger partial charge in [0.1, 0.15) is 11.5 Å². The third kappa shape index (κ3) is 2.68. The quantitative estimate of drug-likeness (QED) is 0.780. The first-order chi connectivity index (χ1) is 11.7. The van der Waals surface area contributed by atoms with Gasteiger partial charge in [0.15, 0.2) is 0 Å². The van der Waals surface area contributed by atoms with Crippen LogP contribution in [0.25, 0.3) is 0 Å². The third-order valence-corrected chi connectivity index (χ3v) is 6.46. The highest BCUT2D eigenvalue weighted by Crippen LogP contribution is 2.52. The number of aromatic hydroxyl groups is 2. The molecule has 2 aliphatic rings. The Kier molecular flexibility index (Phi) is 3.99. The van der Waals surface area contributed by atoms with Crippen molar-refractivity contribution in [2.24, 2.45) is 11.8 Å². The Balaban J connectivity index is 1.77. The molecule has 2 nitrogen and oxygen atoms in total. The maximum absolute atomic E-state index is 9.70. The predicted molar refractivity (Wildman–Crippen MR) is 96.3 cm³/mol. The molecule has 2 aliphatic carbocycles. The largest absolute Gasteiger partial charge is 0.508 e. The normalized spacial score (nSPS) is 25.8. The highest BCUT2D eigenvalue weighted by molar-refractivity contribution is 5.43. The van der Waals surface area contributed by atoms with Gasteiger partial charge in [-0.05, 0) is 66.5 Å². The second kappa shape index (κ2) is 6.16. The SMILES string of the molecule is Oc1ccc(C2(c3ccc(O)cc3)CCC3CCCCC3C2)cc1. The van der Waals surface area contributed by atoms with E-state index in [4.69, 9.17) is 0 Å². The summed E-state index contributed by atoms with van der Waals surface area (Å²) >= 11 is 0. The lowest BCUT2D eigenvalue weighted by Crippen LogP contribution is -2.39. The summed E-state index contributed by atoms with van der Waals surface area (Å²) in [6.45, 7) is 0. The molecule has 4 rings (SSSR count). The van der Waals surface area contributed by atoms with Gasteiger partial charge in [0, 0.05) is 5.41 Å². The van der Waals surface area contributed by atoms with Crippen molar-refractivity contribution in [1.29, 1.82) is 0 Å². The lowest BCUT2D eigenvalue weighted by Gasteiger charge is -2.47. The first-order valence-corrected chi connectivity index (χ1v) is 9.26. The van der Waals surface area contributed by atoms with Crippen LogP contribution in [0.3, 0.4) is 0 Å². The standard InChI is InChI=1S/C22H26O2/c23-20-9-5-18(6-10-20)22(19-7-11-21(24)12-8-19)14-13-16-3-1-2-4-17(16)15-22/h5-12,16-17,23-24H,1-4,13-15H2. The second-order valence-corrected chi connectivity index (χ2v) is 7.72. The van der Waals surface area contributed by atoms with Crippen molar-refractivity contribution in [3.05, 3.63) is 59.7 Å². The number of fused-ring (bicyclic) bond motifs is 1. The number of rotatable bonds is 2. The fourth-order valence-corrected chi connectivity index (χ4v) is 5.17. The maximum Gasteiger partial charge on any atom is 0.115 e. The zero-order valence-corrected chi connectivity index (χ0v) is 14.1. The van der Waals surface area contributed by atoms with Crippen molar-refractivity contribution in [2.45, 2.75) is 50.4 Å². The molecule has 0 amide bonds. The number of hydrogen-bond donors (Lipinski definition) is 2. The van der Waals surface area contributed by atoms with Crippen molar-refractivity contribution in [2.75, 3.05) is 0 Å². The van der Waals surface area contributed by atoms with Crippen LogP contribution in [0.15, 0.2) is 48.5 Å². The summed E-state index contributed by atoms with van der Waals surface area (Å²) in [6, 6.07) is 15.6. The molecule has 0 bridgehead atoms. The van der Waals surface area contributed by atoms with E-state index in [0.717, 1.165) is 18.3 Å². The Morgan fingerprint density at radius 1 is 0.667 bits per heavy atom. The van der Waals surface area contributed by atoms with Crippen molar-refractivity contribution in [3.63, 3.8) is 0 Å². The first-order valence-electron chi connectivity index (χ1n) is 9.26. The zero-order chi connectivity index (χ0) is 16.6. The Bertz CT molecular complexity index is 641. The van der Waals surface area contributed by atoms with Crippen LogP contribution in [-0.4, -0.2) is 10.2 Å². The van der Waals surface area contributed by atoms with Crippen LogP contribution in [0.4, 0.5) is 0 Å². The van der Waals surface area contributed by atoms with Crippen molar-refractivity contribution < 1.29 is 10.2 Å². The van der Waals surface area contributed by atoms with Gasteiger partial charge in [-0.1, -0.05) is 49.9 Å². The minimum absolute atomic E-state index is 0.0138. The molecule has 24 heavy (non-hydrogen) atoms. The molecule has 0 aliphatic heterocycles. The average molecular weight is 322 g/mol. The van der Waals surface area contributed by atoms with Gasteiger partial charge in [-0.2, -0.15) is 0 Å². The van der Waals surface area contributed by atoms with Gasteiger partial charge in [0.25, 0.3) is 0 Å². The Morgan fingerprint density at radius 2 is 1.17 bits per heavy atom. The summed E-state index contributed by atoms with van der Waals surface area (Å²) in [7, 11) is 0. The minimum atomic E-state index is 0.0138. The van der Waals surface area contributed by atoms with Crippen molar-refractivity contribution >= 4 is 0 Å². The summed E-state index contributed by atoms with van der Waals surface area (Å²) in [5.74, 6) is 2.34. The number of phenolic OH excluding ortho intramolecular Hbond substituents is 2. The zero-order valence-electron chi connectivity index (χ0n) is 14.1. The van der Waals surface area contributed by atoms with Gasteiger partial charge >= 0.3 is 0 Å². The van der Waals surface area contributed by atoms with Crippen LogP contribution in [0, 0.1) is 11.8 Å². The molecule has 2 atom stereocenters. The molecule has 2 heteroatoms. The van der Waals surface area contributed by atoms with E-state index in [2.05, 4.69) is 24.3 Å². The average Bonchev–Trinajstić information content (AvgIpc) is 2.62. The summed E-state index contributed by atoms with van der Waals surface area (Å²) in [6.07, 6.45) is 9.13. The molecular formula is C22H26O2. The van der Waals surface area contributed by atoms with Crippen LogP contribution in [-0.2, 0) is 5.41 Å². The molecule has 0 spiro atoms. The Hall–Kier alpha value is -1.96. The molecule has 0 saturated heterocycles. The number of hydrogen-bond acceptors (Lipinski definition) is 2. The molecule has 0 radical (unpaired) electrons. The van der Waals surface area contributed by atoms with E-state index < -0.39 is 0 Å². The van der Waals surface area contributed by atoms with E-state index in [1.807, 2.05) is 24.3 Å². The van der Waals surface area contributed by atoms with E-state index in [1.54, 1.807) is 0 Å². The molecule has 2 aromatic carbocycles. The molecule has 2 fully saturated rings. The molecule has 2 saturated carbocycles. The van der Waals surface area contributed by atoms with Crippen molar-refractivity contribution in [1.82, 2.24) is 0 Å². The summed E-state index contributed by atoms with van der Waals surface area (Å²) in [5, 5.41) is 19.4. The fraction of sp³-hybridized carbons (Fsp3) is 0.455. The van der Waals surface area contributed by atoms with Gasteiger partial charge in [-0.3, -0.25) is 0 Å². The van der Waals surface area contributed by atoms with Gasteiger partial charge in [0.2, 0.25) is 0 Å². The number of benzene rings is 2. The maximum atomic E-state index is 9.70. The van der Waals surface area contributed by atoms with Crippen LogP contribution >= 0.6 is 0 Å². The van der Waals surface area contributed by atoms with Gasteiger partial charge in [-0.25, -0.2) is 0 Å². The summed E-state index contributed by atoms with van der Waals surface area (Å²) in [5.41, 5.74) is 2.62. The van der Waals surface area contributed by atoms with E-state index in [9.17, 15) is 10.2 Å². The highest BCUT2D eigenvalue weighted by atomic mass is 16.3. The molecular weight excluding hydrogens is 296 g/mol. The monoisotopic (exact) mass is 322 g/mol. The molecule has 0 aromatic heterocycles. The van der Waals surface area contributed by atoms with Crippen LogP contribution < -0.4 is 0 Å². The van der Waals surface area contributed by atoms with E-state index in [-0.39, 0.29) is 5.41 Å². The molecule has 0 heterocycles. The fourth-order valence-electron chi connectivity index (χ4n) is 5.17. The minimum Gasteiger partial charge on any atom is -0.508 e. The second-order valence-electron chi connectivity index (χ2n) is 7.72. The lowest BCUT2D eigenvalue weighted by atomic mass is 9.57. The summed E-state index contributed by atoms with van der Waals surface area (Å²) < 4.78 is 0. The lowest BCUT2D eigenvalue weighted by molar-refractivity contribution is 0.125. The molecule has 126 valence electrons. The Labute approximate surface area is 144 Å². The smallest absolute Gasteiger partial charge is 0.115 e. The summed E-state index contributed by atoms with van der Waals surface area (Å²) in [4.78, 5) is 0. The van der Waals surface area contributed by atoms with E-state index >= 15 is 0 Å². The molecule has 2 aromatic rings. The number of phenols is 2. The molecule has 2 N–H and O–H groups in total. The third-order valence-electron chi connectivity index (χ3n) is 6.46. The first kappa shape index (κ1) is 15.6.